The number of hydrogen-bond acceptors (Lipinski definition) is 5. The normalized spacial score (nSPS) is 11.1. The zero-order valence-corrected chi connectivity index (χ0v) is 16.2. The summed E-state index contributed by atoms with van der Waals surface area (Å²) in [6.45, 7) is -0.154. The summed E-state index contributed by atoms with van der Waals surface area (Å²) in [7, 11) is 0. The van der Waals surface area contributed by atoms with Crippen molar-refractivity contribution in [2.75, 3.05) is 23.8 Å². The van der Waals surface area contributed by atoms with E-state index in [-0.39, 0.29) is 13.2 Å². The van der Waals surface area contributed by atoms with E-state index in [1.165, 1.54) is 0 Å². The van der Waals surface area contributed by atoms with Gasteiger partial charge in [-0.3, -0.25) is 10.6 Å². The van der Waals surface area contributed by atoms with Crippen LogP contribution >= 0.6 is 0 Å². The number of para-hydroxylation sites is 3. The lowest BCUT2D eigenvalue weighted by molar-refractivity contribution is 0.0290. The van der Waals surface area contributed by atoms with Gasteiger partial charge in [-0.2, -0.15) is 0 Å². The zero-order chi connectivity index (χ0) is 21.0. The second-order valence-corrected chi connectivity index (χ2v) is 6.23. The molecule has 0 radical (unpaired) electrons. The number of rotatable bonds is 8. The lowest BCUT2D eigenvalue weighted by Gasteiger charge is -2.19. The van der Waals surface area contributed by atoms with Crippen LogP contribution in [0.4, 0.5) is 21.0 Å². The molecule has 0 aliphatic carbocycles. The first-order valence-corrected chi connectivity index (χ1v) is 9.38. The summed E-state index contributed by atoms with van der Waals surface area (Å²) in [6, 6.07) is 26.9. The molecule has 0 aliphatic heterocycles. The van der Waals surface area contributed by atoms with Crippen molar-refractivity contribution in [1.29, 1.82) is 0 Å². The lowest BCUT2D eigenvalue weighted by Crippen LogP contribution is -2.33. The van der Waals surface area contributed by atoms with Crippen molar-refractivity contribution in [3.05, 3.63) is 91.0 Å². The highest BCUT2D eigenvalue weighted by Gasteiger charge is 2.18. The number of nitrogens with one attached hydrogen (secondary N) is 2. The van der Waals surface area contributed by atoms with Crippen LogP contribution in [-0.2, 0) is 9.47 Å². The standard InChI is InChI=1S/C23H22N2O5/c26-22(24-18-10-4-1-5-11-18)29-17-21(16-28-20-14-8-3-9-15-20)30-23(27)25-19-12-6-2-7-13-19/h1-15,21H,16-17H2,(H,24,26)(H,25,27). The molecule has 1 unspecified atom stereocenters. The average Bonchev–Trinajstić information content (AvgIpc) is 2.77. The summed E-state index contributed by atoms with van der Waals surface area (Å²) >= 11 is 0. The van der Waals surface area contributed by atoms with Crippen LogP contribution < -0.4 is 15.4 Å². The van der Waals surface area contributed by atoms with Gasteiger partial charge in [0.1, 0.15) is 19.0 Å². The highest BCUT2D eigenvalue weighted by atomic mass is 16.6. The van der Waals surface area contributed by atoms with E-state index in [4.69, 9.17) is 14.2 Å². The number of carbonyl (C=O) groups is 2. The Morgan fingerprint density at radius 3 is 1.73 bits per heavy atom. The van der Waals surface area contributed by atoms with E-state index in [0.717, 1.165) is 0 Å². The zero-order valence-electron chi connectivity index (χ0n) is 16.2. The van der Waals surface area contributed by atoms with Gasteiger partial charge in [-0.1, -0.05) is 54.6 Å². The number of anilines is 2. The fourth-order valence-corrected chi connectivity index (χ4v) is 2.49. The van der Waals surface area contributed by atoms with Crippen LogP contribution in [0.1, 0.15) is 0 Å². The van der Waals surface area contributed by atoms with Crippen LogP contribution in [0.2, 0.25) is 0 Å². The molecule has 0 bridgehead atoms. The van der Waals surface area contributed by atoms with Gasteiger partial charge in [-0.25, -0.2) is 9.59 Å². The van der Waals surface area contributed by atoms with Gasteiger partial charge in [-0.15, -0.1) is 0 Å². The molecule has 0 aromatic heterocycles. The maximum absolute atomic E-state index is 12.2. The summed E-state index contributed by atoms with van der Waals surface area (Å²) in [5, 5.41) is 5.23. The molecule has 0 aliphatic rings. The van der Waals surface area contributed by atoms with Crippen LogP contribution in [0, 0.1) is 0 Å². The van der Waals surface area contributed by atoms with Gasteiger partial charge in [0.15, 0.2) is 6.10 Å². The maximum atomic E-state index is 12.2. The number of ether oxygens (including phenoxy) is 3. The molecule has 2 N–H and O–H groups in total. The molecule has 3 aromatic rings. The Morgan fingerprint density at radius 1 is 0.667 bits per heavy atom. The van der Waals surface area contributed by atoms with Gasteiger partial charge >= 0.3 is 12.2 Å². The molecule has 0 saturated heterocycles. The van der Waals surface area contributed by atoms with Crippen molar-refractivity contribution in [2.24, 2.45) is 0 Å². The fourth-order valence-electron chi connectivity index (χ4n) is 2.49. The SMILES string of the molecule is O=C(Nc1ccccc1)OCC(COc1ccccc1)OC(=O)Nc1ccccc1. The second kappa shape index (κ2) is 11.1. The Labute approximate surface area is 174 Å². The van der Waals surface area contributed by atoms with Crippen LogP contribution in [0.5, 0.6) is 5.75 Å². The molecule has 1 atom stereocenters. The molecule has 0 spiro atoms. The van der Waals surface area contributed by atoms with Crippen LogP contribution in [0.25, 0.3) is 0 Å². The van der Waals surface area contributed by atoms with E-state index in [1.807, 2.05) is 30.3 Å². The highest BCUT2D eigenvalue weighted by Crippen LogP contribution is 2.11. The van der Waals surface area contributed by atoms with Gasteiger partial charge in [0, 0.05) is 11.4 Å². The van der Waals surface area contributed by atoms with Crippen molar-refractivity contribution in [1.82, 2.24) is 0 Å². The Kier molecular flexibility index (Phi) is 7.68. The summed E-state index contributed by atoms with van der Waals surface area (Å²) in [5.74, 6) is 0.614. The number of hydrogen-bond donors (Lipinski definition) is 2. The summed E-state index contributed by atoms with van der Waals surface area (Å²) in [5.41, 5.74) is 1.19. The van der Waals surface area contributed by atoms with Crippen molar-refractivity contribution in [3.63, 3.8) is 0 Å². The third kappa shape index (κ3) is 7.20. The van der Waals surface area contributed by atoms with Crippen LogP contribution in [0.15, 0.2) is 91.0 Å². The molecule has 0 saturated carbocycles. The number of benzene rings is 3. The van der Waals surface area contributed by atoms with E-state index in [1.54, 1.807) is 60.7 Å². The number of amides is 2. The third-order valence-corrected chi connectivity index (χ3v) is 3.89. The van der Waals surface area contributed by atoms with Crippen molar-refractivity contribution in [2.45, 2.75) is 6.10 Å². The fraction of sp³-hybridized carbons (Fsp3) is 0.130. The molecular formula is C23H22N2O5. The monoisotopic (exact) mass is 406 g/mol. The van der Waals surface area contributed by atoms with Crippen LogP contribution in [-0.4, -0.2) is 31.5 Å². The molecule has 0 fully saturated rings. The minimum atomic E-state index is -0.810. The highest BCUT2D eigenvalue weighted by molar-refractivity contribution is 5.85. The Bertz CT molecular complexity index is 920. The van der Waals surface area contributed by atoms with Gasteiger partial charge in [0.2, 0.25) is 0 Å². The summed E-state index contributed by atoms with van der Waals surface area (Å²) in [6.07, 6.45) is -2.14. The molecule has 3 rings (SSSR count). The largest absolute Gasteiger partial charge is 0.490 e. The van der Waals surface area contributed by atoms with Gasteiger partial charge in [0.25, 0.3) is 0 Å². The molecule has 0 heterocycles. The molecule has 3 aromatic carbocycles. The second-order valence-electron chi connectivity index (χ2n) is 6.23. The van der Waals surface area contributed by atoms with E-state index in [2.05, 4.69) is 10.6 Å². The van der Waals surface area contributed by atoms with Gasteiger partial charge < -0.3 is 14.2 Å². The Balaban J connectivity index is 1.55. The van der Waals surface area contributed by atoms with Gasteiger partial charge in [0.05, 0.1) is 0 Å². The molecular weight excluding hydrogens is 384 g/mol. The van der Waals surface area contributed by atoms with Crippen LogP contribution in [0.3, 0.4) is 0 Å². The minimum Gasteiger partial charge on any atom is -0.490 e. The van der Waals surface area contributed by atoms with E-state index < -0.39 is 18.3 Å². The summed E-state index contributed by atoms with van der Waals surface area (Å²) in [4.78, 5) is 24.3. The molecule has 7 nitrogen and oxygen atoms in total. The predicted molar refractivity (Wildman–Crippen MR) is 114 cm³/mol. The van der Waals surface area contributed by atoms with E-state index >= 15 is 0 Å². The van der Waals surface area contributed by atoms with Crippen molar-refractivity contribution >= 4 is 23.6 Å². The quantitative estimate of drug-likeness (QED) is 0.554. The molecule has 154 valence electrons. The number of carbonyl (C=O) groups excluding carboxylic acids is 2. The lowest BCUT2D eigenvalue weighted by atomic mass is 10.3. The molecule has 2 amide bonds. The average molecular weight is 406 g/mol. The molecule has 7 heteroatoms. The van der Waals surface area contributed by atoms with Crippen molar-refractivity contribution in [3.8, 4) is 5.75 Å². The predicted octanol–water partition coefficient (Wildman–Crippen LogP) is 4.93. The van der Waals surface area contributed by atoms with Gasteiger partial charge in [-0.05, 0) is 36.4 Å². The minimum absolute atomic E-state index is 0.0187. The van der Waals surface area contributed by atoms with Crippen molar-refractivity contribution < 1.29 is 23.8 Å². The first-order chi connectivity index (χ1) is 14.7. The smallest absolute Gasteiger partial charge is 0.412 e. The summed E-state index contributed by atoms with van der Waals surface area (Å²) < 4.78 is 16.3. The Morgan fingerprint density at radius 2 is 1.17 bits per heavy atom. The first-order valence-electron chi connectivity index (χ1n) is 9.38. The topological polar surface area (TPSA) is 85.9 Å². The maximum Gasteiger partial charge on any atom is 0.412 e. The molecule has 30 heavy (non-hydrogen) atoms. The Hall–Kier alpha value is -4.00. The first kappa shape index (κ1) is 20.7. The van der Waals surface area contributed by atoms with E-state index in [0.29, 0.717) is 17.1 Å². The third-order valence-electron chi connectivity index (χ3n) is 3.89. The van der Waals surface area contributed by atoms with E-state index in [9.17, 15) is 9.59 Å².